The highest BCUT2D eigenvalue weighted by Crippen LogP contribution is 2.47. The fraction of sp³-hybridized carbons (Fsp3) is 0.350. The van der Waals surface area contributed by atoms with Gasteiger partial charge in [-0.05, 0) is 38.0 Å². The molecule has 152 valence electrons. The van der Waals surface area contributed by atoms with Crippen LogP contribution in [0.4, 0.5) is 21.9 Å². The van der Waals surface area contributed by atoms with Crippen molar-refractivity contribution in [2.45, 2.75) is 39.2 Å². The number of benzene rings is 1. The lowest BCUT2D eigenvalue weighted by atomic mass is 9.85. The molecule has 0 spiro atoms. The van der Waals surface area contributed by atoms with Gasteiger partial charge in [0.05, 0.1) is 10.6 Å². The van der Waals surface area contributed by atoms with Crippen molar-refractivity contribution in [2.24, 2.45) is 0 Å². The zero-order valence-electron chi connectivity index (χ0n) is 16.5. The van der Waals surface area contributed by atoms with E-state index in [9.17, 15) is 19.7 Å². The lowest BCUT2D eigenvalue weighted by Gasteiger charge is -2.41. The monoisotopic (exact) mass is 398 g/mol. The van der Waals surface area contributed by atoms with Crippen LogP contribution in [0.5, 0.6) is 0 Å². The molecule has 2 amide bonds. The number of hydrogen-bond acceptors (Lipinski definition) is 6. The lowest BCUT2D eigenvalue weighted by Crippen LogP contribution is -2.45. The maximum atomic E-state index is 12.6. The molecule has 9 nitrogen and oxygen atoms in total. The van der Waals surface area contributed by atoms with E-state index >= 15 is 0 Å². The van der Waals surface area contributed by atoms with Crippen molar-refractivity contribution < 1.29 is 19.2 Å². The van der Waals surface area contributed by atoms with E-state index in [1.54, 1.807) is 13.0 Å². The van der Waals surface area contributed by atoms with E-state index < -0.39 is 22.5 Å². The molecular formula is C20H22N4O5. The van der Waals surface area contributed by atoms with Crippen molar-refractivity contribution in [3.8, 4) is 0 Å². The Morgan fingerprint density at radius 2 is 1.90 bits per heavy atom. The average Bonchev–Trinajstić information content (AvgIpc) is 2.73. The highest BCUT2D eigenvalue weighted by atomic mass is 16.6. The highest BCUT2D eigenvalue weighted by Gasteiger charge is 2.44. The van der Waals surface area contributed by atoms with Crippen LogP contribution in [0.1, 0.15) is 49.5 Å². The Bertz CT molecular complexity index is 957. The van der Waals surface area contributed by atoms with Crippen LogP contribution >= 0.6 is 0 Å². The molecule has 2 heterocycles. The van der Waals surface area contributed by atoms with Crippen molar-refractivity contribution in [3.05, 3.63) is 57.9 Å². The van der Waals surface area contributed by atoms with Gasteiger partial charge in [-0.2, -0.15) is 0 Å². The number of hydrogen-bond donors (Lipinski definition) is 1. The molecule has 0 radical (unpaired) electrons. The Balaban J connectivity index is 2.16. The van der Waals surface area contributed by atoms with E-state index in [2.05, 4.69) is 10.3 Å². The summed E-state index contributed by atoms with van der Waals surface area (Å²) in [6.45, 7) is 5.84. The van der Waals surface area contributed by atoms with Gasteiger partial charge in [0.2, 0.25) is 0 Å². The van der Waals surface area contributed by atoms with Crippen LogP contribution in [-0.4, -0.2) is 28.5 Å². The van der Waals surface area contributed by atoms with Gasteiger partial charge in [0.15, 0.2) is 0 Å². The van der Waals surface area contributed by atoms with Crippen molar-refractivity contribution in [2.75, 3.05) is 16.8 Å². The van der Waals surface area contributed by atoms with Crippen LogP contribution in [0.2, 0.25) is 0 Å². The molecule has 0 saturated heterocycles. The lowest BCUT2D eigenvalue weighted by molar-refractivity contribution is -0.383. The van der Waals surface area contributed by atoms with Crippen molar-refractivity contribution in [1.82, 2.24) is 4.98 Å². The number of amides is 2. The molecule has 0 aliphatic carbocycles. The summed E-state index contributed by atoms with van der Waals surface area (Å²) in [5.74, 6) is -0.491. The van der Waals surface area contributed by atoms with Gasteiger partial charge >= 0.3 is 6.09 Å². The van der Waals surface area contributed by atoms with E-state index in [0.29, 0.717) is 36.2 Å². The predicted octanol–water partition coefficient (Wildman–Crippen LogP) is 4.23. The third-order valence-electron chi connectivity index (χ3n) is 5.24. The minimum Gasteiger partial charge on any atom is -0.438 e. The molecule has 1 aliphatic rings. The van der Waals surface area contributed by atoms with Crippen molar-refractivity contribution in [1.29, 1.82) is 0 Å². The number of fused-ring (bicyclic) bond motifs is 1. The second-order valence-corrected chi connectivity index (χ2v) is 6.65. The van der Waals surface area contributed by atoms with E-state index in [1.165, 1.54) is 35.5 Å². The molecule has 1 aromatic carbocycles. The summed E-state index contributed by atoms with van der Waals surface area (Å²) in [5.41, 5.74) is 0.242. The number of rotatable bonds is 6. The Morgan fingerprint density at radius 1 is 1.24 bits per heavy atom. The molecule has 0 saturated carbocycles. The van der Waals surface area contributed by atoms with E-state index in [-0.39, 0.29) is 11.4 Å². The standard InChI is InChI=1S/C20H22N4O5/c1-4-20(5-2)14-11-15(22-18(25)13-7-9-21-10-8-13)17(24(27)28)12-16(14)23(6-3)19(26)29-20/h7-12H,4-6H2,1-3H3,(H,22,25). The second kappa shape index (κ2) is 7.86. The molecule has 0 atom stereocenters. The van der Waals surface area contributed by atoms with Gasteiger partial charge in [-0.25, -0.2) is 4.79 Å². The molecule has 1 aromatic heterocycles. The number of nitro groups is 1. The molecule has 9 heteroatoms. The van der Waals surface area contributed by atoms with E-state index in [1.807, 2.05) is 13.8 Å². The van der Waals surface area contributed by atoms with Gasteiger partial charge in [0.1, 0.15) is 11.3 Å². The summed E-state index contributed by atoms with van der Waals surface area (Å²) in [6.07, 6.45) is 3.39. The number of nitrogens with zero attached hydrogens (tertiary/aromatic N) is 3. The number of nitro benzene ring substituents is 1. The maximum Gasteiger partial charge on any atom is 0.415 e. The number of nitrogens with one attached hydrogen (secondary N) is 1. The number of carbonyl (C=O) groups is 2. The quantitative estimate of drug-likeness (QED) is 0.575. The van der Waals surface area contributed by atoms with Crippen LogP contribution in [-0.2, 0) is 10.3 Å². The molecule has 2 aromatic rings. The zero-order chi connectivity index (χ0) is 21.2. The summed E-state index contributed by atoms with van der Waals surface area (Å²) >= 11 is 0. The fourth-order valence-electron chi connectivity index (χ4n) is 3.56. The minimum atomic E-state index is -0.913. The number of anilines is 2. The van der Waals surface area contributed by atoms with Gasteiger partial charge < -0.3 is 10.1 Å². The minimum absolute atomic E-state index is 0.0517. The number of carbonyl (C=O) groups excluding carboxylic acids is 2. The summed E-state index contributed by atoms with van der Waals surface area (Å²) in [7, 11) is 0. The molecule has 3 rings (SSSR count). The fourth-order valence-corrected chi connectivity index (χ4v) is 3.56. The summed E-state index contributed by atoms with van der Waals surface area (Å²) < 4.78 is 5.74. The number of ether oxygens (including phenoxy) is 1. The molecule has 1 aliphatic heterocycles. The Morgan fingerprint density at radius 3 is 2.45 bits per heavy atom. The first-order chi connectivity index (χ1) is 13.9. The summed E-state index contributed by atoms with van der Waals surface area (Å²) in [5, 5.41) is 14.3. The summed E-state index contributed by atoms with van der Waals surface area (Å²) in [6, 6.07) is 5.92. The average molecular weight is 398 g/mol. The van der Waals surface area contributed by atoms with Crippen LogP contribution in [0, 0.1) is 10.1 Å². The largest absolute Gasteiger partial charge is 0.438 e. The first-order valence-electron chi connectivity index (χ1n) is 9.41. The van der Waals surface area contributed by atoms with Gasteiger partial charge in [0.25, 0.3) is 11.6 Å². The third kappa shape index (κ3) is 3.51. The van der Waals surface area contributed by atoms with Crippen molar-refractivity contribution in [3.63, 3.8) is 0 Å². The van der Waals surface area contributed by atoms with Gasteiger partial charge in [-0.1, -0.05) is 13.8 Å². The number of cyclic esters (lactones) is 1. The smallest absolute Gasteiger partial charge is 0.415 e. The SMILES string of the molecule is CCN1C(=O)OC(CC)(CC)c2cc(NC(=O)c3ccncc3)c([N+](=O)[O-])cc21. The topological polar surface area (TPSA) is 115 Å². The van der Waals surface area contributed by atoms with Crippen LogP contribution in [0.3, 0.4) is 0 Å². The van der Waals surface area contributed by atoms with E-state index in [0.717, 1.165) is 0 Å². The number of pyridine rings is 1. The molecule has 0 fully saturated rings. The predicted molar refractivity (Wildman–Crippen MR) is 107 cm³/mol. The first-order valence-corrected chi connectivity index (χ1v) is 9.41. The Kier molecular flexibility index (Phi) is 5.49. The highest BCUT2D eigenvalue weighted by molar-refractivity contribution is 6.06. The van der Waals surface area contributed by atoms with Gasteiger partial charge in [-0.15, -0.1) is 0 Å². The Hall–Kier alpha value is -3.49. The Labute approximate surface area is 167 Å². The van der Waals surface area contributed by atoms with E-state index in [4.69, 9.17) is 4.74 Å². The first kappa shape index (κ1) is 20.2. The van der Waals surface area contributed by atoms with Crippen LogP contribution in [0.15, 0.2) is 36.7 Å². The zero-order valence-corrected chi connectivity index (χ0v) is 16.5. The second-order valence-electron chi connectivity index (χ2n) is 6.65. The molecule has 29 heavy (non-hydrogen) atoms. The van der Waals surface area contributed by atoms with Gasteiger partial charge in [-0.3, -0.25) is 24.8 Å². The molecule has 1 N–H and O–H groups in total. The number of aromatic nitrogens is 1. The normalized spacial score (nSPS) is 14.7. The molecular weight excluding hydrogens is 376 g/mol. The van der Waals surface area contributed by atoms with Crippen LogP contribution in [0.25, 0.3) is 0 Å². The van der Waals surface area contributed by atoms with Gasteiger partial charge in [0, 0.05) is 36.1 Å². The third-order valence-corrected chi connectivity index (χ3v) is 5.24. The maximum absolute atomic E-state index is 12.6. The molecule has 0 unspecified atom stereocenters. The molecule has 0 bridgehead atoms. The van der Waals surface area contributed by atoms with Crippen LogP contribution < -0.4 is 10.2 Å². The van der Waals surface area contributed by atoms with Crippen molar-refractivity contribution >= 4 is 29.1 Å². The summed E-state index contributed by atoms with van der Waals surface area (Å²) in [4.78, 5) is 41.4.